The van der Waals surface area contributed by atoms with Crippen molar-refractivity contribution in [2.45, 2.75) is 13.3 Å². The van der Waals surface area contributed by atoms with Crippen LogP contribution in [0.2, 0.25) is 0 Å². The summed E-state index contributed by atoms with van der Waals surface area (Å²) in [6.07, 6.45) is 1.64. The van der Waals surface area contributed by atoms with Crippen molar-refractivity contribution in [2.24, 2.45) is 0 Å². The molecule has 1 saturated heterocycles. The second kappa shape index (κ2) is 7.57. The molecule has 0 spiro atoms. The minimum atomic E-state index is -0.555. The van der Waals surface area contributed by atoms with Crippen molar-refractivity contribution in [3.8, 4) is 0 Å². The molecular weight excluding hydrogens is 341 g/mol. The number of hydrogen-bond donors (Lipinski definition) is 2. The third kappa shape index (κ3) is 3.93. The van der Waals surface area contributed by atoms with Crippen molar-refractivity contribution >= 4 is 41.3 Å². The molecule has 5 nitrogen and oxygen atoms in total. The van der Waals surface area contributed by atoms with Crippen molar-refractivity contribution in [3.05, 3.63) is 53.3 Å². The molecule has 1 aliphatic heterocycles. The zero-order valence-electron chi connectivity index (χ0n) is 13.7. The fourth-order valence-electron chi connectivity index (χ4n) is 2.61. The zero-order chi connectivity index (χ0) is 17.8. The molecule has 1 fully saturated rings. The van der Waals surface area contributed by atoms with Gasteiger partial charge < -0.3 is 14.9 Å². The maximum atomic E-state index is 14.4. The van der Waals surface area contributed by atoms with E-state index in [0.29, 0.717) is 17.8 Å². The molecule has 7 heteroatoms. The van der Waals surface area contributed by atoms with E-state index in [1.165, 1.54) is 12.1 Å². The maximum Gasteiger partial charge on any atom is 0.258 e. The molecule has 0 aromatic heterocycles. The Balaban J connectivity index is 1.77. The smallest absolute Gasteiger partial charge is 0.258 e. The van der Waals surface area contributed by atoms with E-state index in [4.69, 9.17) is 0 Å². The Kier molecular flexibility index (Phi) is 5.23. The van der Waals surface area contributed by atoms with Crippen LogP contribution in [0.3, 0.4) is 0 Å². The monoisotopic (exact) mass is 359 g/mol. The van der Waals surface area contributed by atoms with E-state index in [2.05, 4.69) is 10.6 Å². The van der Waals surface area contributed by atoms with Crippen molar-refractivity contribution in [2.75, 3.05) is 27.2 Å². The Bertz CT molecular complexity index is 807. The number of halogens is 1. The summed E-state index contributed by atoms with van der Waals surface area (Å²) < 4.78 is 16.4. The van der Waals surface area contributed by atoms with Gasteiger partial charge in [-0.1, -0.05) is 6.07 Å². The lowest BCUT2D eigenvalue weighted by molar-refractivity contribution is -0.105. The van der Waals surface area contributed by atoms with Gasteiger partial charge in [0.2, 0.25) is 6.41 Å². The quantitative estimate of drug-likeness (QED) is 0.629. The SMILES string of the molecule is Cc1ccc(NC(=O)c2ccc(N3CCCS3)cc2F)cc1NC=O. The highest BCUT2D eigenvalue weighted by Gasteiger charge is 2.18. The minimum Gasteiger partial charge on any atom is -0.328 e. The molecule has 2 aromatic carbocycles. The van der Waals surface area contributed by atoms with Crippen LogP contribution in [-0.4, -0.2) is 24.6 Å². The van der Waals surface area contributed by atoms with Gasteiger partial charge in [-0.3, -0.25) is 9.59 Å². The molecule has 130 valence electrons. The van der Waals surface area contributed by atoms with E-state index in [9.17, 15) is 14.0 Å². The number of carbonyl (C=O) groups is 2. The number of rotatable bonds is 5. The normalized spacial score (nSPS) is 13.6. The number of aryl methyl sites for hydroxylation is 1. The van der Waals surface area contributed by atoms with Gasteiger partial charge in [-0.05, 0) is 61.2 Å². The van der Waals surface area contributed by atoms with Crippen LogP contribution in [-0.2, 0) is 4.79 Å². The Morgan fingerprint density at radius 1 is 1.28 bits per heavy atom. The molecular formula is C18H18FN3O2S. The van der Waals surface area contributed by atoms with Gasteiger partial charge in [-0.2, -0.15) is 0 Å². The third-order valence-electron chi connectivity index (χ3n) is 3.95. The molecule has 0 saturated carbocycles. The summed E-state index contributed by atoms with van der Waals surface area (Å²) in [5.41, 5.74) is 2.69. The van der Waals surface area contributed by atoms with Crippen LogP contribution < -0.4 is 14.9 Å². The lowest BCUT2D eigenvalue weighted by atomic mass is 10.1. The first-order valence-corrected chi connectivity index (χ1v) is 8.85. The lowest BCUT2D eigenvalue weighted by Crippen LogP contribution is -2.15. The highest BCUT2D eigenvalue weighted by molar-refractivity contribution is 8.00. The van der Waals surface area contributed by atoms with Crippen LogP contribution in [0.4, 0.5) is 21.5 Å². The number of carbonyl (C=O) groups excluding carboxylic acids is 2. The summed E-state index contributed by atoms with van der Waals surface area (Å²) in [5, 5.41) is 5.23. The number of hydrogen-bond acceptors (Lipinski definition) is 4. The average Bonchev–Trinajstić information content (AvgIpc) is 3.12. The first-order valence-electron chi connectivity index (χ1n) is 7.90. The van der Waals surface area contributed by atoms with Gasteiger partial charge in [0.15, 0.2) is 0 Å². The fourth-order valence-corrected chi connectivity index (χ4v) is 3.61. The van der Waals surface area contributed by atoms with Crippen LogP contribution in [0.1, 0.15) is 22.3 Å². The summed E-state index contributed by atoms with van der Waals surface area (Å²) in [6, 6.07) is 9.75. The van der Waals surface area contributed by atoms with E-state index < -0.39 is 11.7 Å². The van der Waals surface area contributed by atoms with Crippen LogP contribution in [0.15, 0.2) is 36.4 Å². The van der Waals surface area contributed by atoms with Crippen molar-refractivity contribution in [1.29, 1.82) is 0 Å². The number of nitrogens with one attached hydrogen (secondary N) is 2. The number of anilines is 3. The number of benzene rings is 2. The summed E-state index contributed by atoms with van der Waals surface area (Å²) in [5.74, 6) is -0.0612. The Morgan fingerprint density at radius 2 is 2.12 bits per heavy atom. The van der Waals surface area contributed by atoms with Crippen molar-refractivity contribution < 1.29 is 14.0 Å². The topological polar surface area (TPSA) is 61.4 Å². The van der Waals surface area contributed by atoms with E-state index >= 15 is 0 Å². The molecule has 0 bridgehead atoms. The van der Waals surface area contributed by atoms with Crippen molar-refractivity contribution in [1.82, 2.24) is 0 Å². The Hall–Kier alpha value is -2.54. The van der Waals surface area contributed by atoms with Crippen LogP contribution in [0.5, 0.6) is 0 Å². The van der Waals surface area contributed by atoms with Gasteiger partial charge in [0, 0.05) is 29.4 Å². The largest absolute Gasteiger partial charge is 0.328 e. The Labute approximate surface area is 149 Å². The number of amides is 2. The molecule has 3 rings (SSSR count). The molecule has 2 aromatic rings. The predicted octanol–water partition coefficient (Wildman–Crippen LogP) is 3.81. The minimum absolute atomic E-state index is 0.0154. The third-order valence-corrected chi connectivity index (χ3v) is 5.12. The van der Waals surface area contributed by atoms with Crippen LogP contribution >= 0.6 is 11.9 Å². The summed E-state index contributed by atoms with van der Waals surface area (Å²) in [4.78, 5) is 23.0. The molecule has 0 radical (unpaired) electrons. The number of nitrogens with zero attached hydrogens (tertiary/aromatic N) is 1. The first-order chi connectivity index (χ1) is 12.1. The Morgan fingerprint density at radius 3 is 2.80 bits per heavy atom. The van der Waals surface area contributed by atoms with Gasteiger partial charge in [-0.15, -0.1) is 0 Å². The van der Waals surface area contributed by atoms with Crippen molar-refractivity contribution in [3.63, 3.8) is 0 Å². The summed E-state index contributed by atoms with van der Waals surface area (Å²) in [7, 11) is 0. The molecule has 1 aliphatic rings. The fraction of sp³-hybridized carbons (Fsp3) is 0.222. The standard InChI is InChI=1S/C18H18FN3O2S/c1-12-3-4-13(9-17(12)20-11-23)21-18(24)15-6-5-14(10-16(15)19)22-7-2-8-25-22/h3-6,9-11H,2,7-8H2,1H3,(H,20,23)(H,21,24). The second-order valence-corrected chi connectivity index (χ2v) is 6.81. The maximum absolute atomic E-state index is 14.4. The van der Waals surface area contributed by atoms with Gasteiger partial charge in [-0.25, -0.2) is 4.39 Å². The van der Waals surface area contributed by atoms with E-state index in [0.717, 1.165) is 30.0 Å². The first kappa shape index (κ1) is 17.3. The average molecular weight is 359 g/mol. The molecule has 0 unspecified atom stereocenters. The zero-order valence-corrected chi connectivity index (χ0v) is 14.5. The molecule has 1 heterocycles. The lowest BCUT2D eigenvalue weighted by Gasteiger charge is -2.16. The van der Waals surface area contributed by atoms with Gasteiger partial charge >= 0.3 is 0 Å². The summed E-state index contributed by atoms with van der Waals surface area (Å²) >= 11 is 1.66. The predicted molar refractivity (Wildman–Crippen MR) is 99.6 cm³/mol. The van der Waals surface area contributed by atoms with Gasteiger partial charge in [0.1, 0.15) is 5.82 Å². The molecule has 0 atom stereocenters. The van der Waals surface area contributed by atoms with Gasteiger partial charge in [0.25, 0.3) is 5.91 Å². The van der Waals surface area contributed by atoms with Gasteiger partial charge in [0.05, 0.1) is 5.56 Å². The molecule has 2 amide bonds. The molecule has 2 N–H and O–H groups in total. The molecule has 25 heavy (non-hydrogen) atoms. The molecule has 0 aliphatic carbocycles. The van der Waals surface area contributed by atoms with E-state index in [-0.39, 0.29) is 5.56 Å². The summed E-state index contributed by atoms with van der Waals surface area (Å²) in [6.45, 7) is 2.72. The highest BCUT2D eigenvalue weighted by atomic mass is 32.2. The second-order valence-electron chi connectivity index (χ2n) is 5.70. The van der Waals surface area contributed by atoms with Crippen LogP contribution in [0, 0.1) is 12.7 Å². The van der Waals surface area contributed by atoms with Crippen LogP contribution in [0.25, 0.3) is 0 Å². The van der Waals surface area contributed by atoms with E-state index in [1.54, 1.807) is 36.2 Å². The highest BCUT2D eigenvalue weighted by Crippen LogP contribution is 2.30. The van der Waals surface area contributed by atoms with E-state index in [1.807, 2.05) is 11.2 Å².